The van der Waals surface area contributed by atoms with Gasteiger partial charge in [0.2, 0.25) is 0 Å². The Morgan fingerprint density at radius 3 is 2.75 bits per heavy atom. The summed E-state index contributed by atoms with van der Waals surface area (Å²) < 4.78 is 5.59. The van der Waals surface area contributed by atoms with Crippen LogP contribution >= 0.6 is 11.6 Å². The van der Waals surface area contributed by atoms with Crippen LogP contribution in [0.1, 0.15) is 37.0 Å². The van der Waals surface area contributed by atoms with Crippen LogP contribution in [0.2, 0.25) is 5.02 Å². The lowest BCUT2D eigenvalue weighted by Gasteiger charge is -2.14. The lowest BCUT2D eigenvalue weighted by atomic mass is 10.2. The fraction of sp³-hybridized carbons (Fsp3) is 0.417. The number of carboxylic acid groups (broad SMARTS) is 1. The molecule has 1 unspecified atom stereocenters. The van der Waals surface area contributed by atoms with Gasteiger partial charge < -0.3 is 9.84 Å². The van der Waals surface area contributed by atoms with Crippen molar-refractivity contribution in [3.63, 3.8) is 0 Å². The summed E-state index contributed by atoms with van der Waals surface area (Å²) in [5.74, 6) is -0.422. The molecule has 0 saturated carbocycles. The molecule has 0 spiro atoms. The second-order valence-electron chi connectivity index (χ2n) is 3.66. The summed E-state index contributed by atoms with van der Waals surface area (Å²) in [7, 11) is 0. The third-order valence-electron chi connectivity index (χ3n) is 2.20. The maximum Gasteiger partial charge on any atom is 0.337 e. The summed E-state index contributed by atoms with van der Waals surface area (Å²) in [5.41, 5.74) is 0.0946. The van der Waals surface area contributed by atoms with Crippen molar-refractivity contribution in [1.29, 1.82) is 0 Å². The zero-order valence-corrected chi connectivity index (χ0v) is 10.1. The zero-order valence-electron chi connectivity index (χ0n) is 9.37. The fourth-order valence-electron chi connectivity index (χ4n) is 1.44. The molecule has 0 fully saturated rings. The molecule has 0 aliphatic rings. The van der Waals surface area contributed by atoms with Crippen molar-refractivity contribution in [2.45, 2.75) is 32.8 Å². The standard InChI is InChI=1S/C12H15ClO3/c1-3-4-8(2)16-9-5-6-10(12(14)15)11(13)7-9/h5-8H,3-4H2,1-2H3,(H,14,15). The maximum absolute atomic E-state index is 10.7. The highest BCUT2D eigenvalue weighted by atomic mass is 35.5. The molecule has 0 heterocycles. The number of carboxylic acids is 1. The molecule has 88 valence electrons. The van der Waals surface area contributed by atoms with E-state index in [0.29, 0.717) is 5.75 Å². The summed E-state index contributed by atoms with van der Waals surface area (Å²) in [6, 6.07) is 4.62. The van der Waals surface area contributed by atoms with E-state index in [2.05, 4.69) is 6.92 Å². The number of ether oxygens (including phenoxy) is 1. The Morgan fingerprint density at radius 1 is 1.56 bits per heavy atom. The van der Waals surface area contributed by atoms with E-state index >= 15 is 0 Å². The monoisotopic (exact) mass is 242 g/mol. The van der Waals surface area contributed by atoms with E-state index in [1.807, 2.05) is 6.92 Å². The van der Waals surface area contributed by atoms with Gasteiger partial charge in [-0.25, -0.2) is 4.79 Å². The fourth-order valence-corrected chi connectivity index (χ4v) is 1.69. The van der Waals surface area contributed by atoms with Gasteiger partial charge in [0.15, 0.2) is 0 Å². The number of rotatable bonds is 5. The topological polar surface area (TPSA) is 46.5 Å². The van der Waals surface area contributed by atoms with Gasteiger partial charge in [-0.1, -0.05) is 24.9 Å². The SMILES string of the molecule is CCCC(C)Oc1ccc(C(=O)O)c(Cl)c1. The molecule has 0 amide bonds. The molecular formula is C12H15ClO3. The van der Waals surface area contributed by atoms with Gasteiger partial charge in [0, 0.05) is 0 Å². The maximum atomic E-state index is 10.7. The van der Waals surface area contributed by atoms with Crippen LogP contribution in [0.4, 0.5) is 0 Å². The molecule has 1 rings (SSSR count). The smallest absolute Gasteiger partial charge is 0.337 e. The van der Waals surface area contributed by atoms with Gasteiger partial charge >= 0.3 is 5.97 Å². The number of aromatic carboxylic acids is 1. The normalized spacial score (nSPS) is 12.2. The highest BCUT2D eigenvalue weighted by molar-refractivity contribution is 6.33. The first-order valence-electron chi connectivity index (χ1n) is 5.24. The van der Waals surface area contributed by atoms with Gasteiger partial charge in [0.1, 0.15) is 5.75 Å². The summed E-state index contributed by atoms with van der Waals surface area (Å²) in [4.78, 5) is 10.7. The zero-order chi connectivity index (χ0) is 12.1. The molecule has 0 aromatic heterocycles. The van der Waals surface area contributed by atoms with Crippen LogP contribution in [-0.2, 0) is 0 Å². The molecule has 1 aromatic rings. The lowest BCUT2D eigenvalue weighted by Crippen LogP contribution is -2.11. The van der Waals surface area contributed by atoms with Gasteiger partial charge in [-0.05, 0) is 31.5 Å². The second-order valence-corrected chi connectivity index (χ2v) is 4.07. The third-order valence-corrected chi connectivity index (χ3v) is 2.52. The van der Waals surface area contributed by atoms with Crippen molar-refractivity contribution in [1.82, 2.24) is 0 Å². The summed E-state index contributed by atoms with van der Waals surface area (Å²) in [5, 5.41) is 9.00. The van der Waals surface area contributed by atoms with Crippen molar-refractivity contribution in [2.75, 3.05) is 0 Å². The summed E-state index contributed by atoms with van der Waals surface area (Å²) in [6.45, 7) is 4.06. The molecule has 0 bridgehead atoms. The molecule has 0 saturated heterocycles. The molecule has 1 N–H and O–H groups in total. The Labute approximate surface area is 100.0 Å². The van der Waals surface area contributed by atoms with Crippen molar-refractivity contribution >= 4 is 17.6 Å². The minimum Gasteiger partial charge on any atom is -0.491 e. The first kappa shape index (κ1) is 12.8. The number of hydrogen-bond donors (Lipinski definition) is 1. The molecule has 1 aromatic carbocycles. The van der Waals surface area contributed by atoms with E-state index in [0.717, 1.165) is 12.8 Å². The van der Waals surface area contributed by atoms with Crippen LogP contribution in [-0.4, -0.2) is 17.2 Å². The van der Waals surface area contributed by atoms with Crippen LogP contribution in [0.5, 0.6) is 5.75 Å². The Kier molecular flexibility index (Phi) is 4.62. The molecule has 1 atom stereocenters. The number of benzene rings is 1. The molecular weight excluding hydrogens is 228 g/mol. The number of hydrogen-bond acceptors (Lipinski definition) is 2. The van der Waals surface area contributed by atoms with Crippen LogP contribution in [0.25, 0.3) is 0 Å². The average molecular weight is 243 g/mol. The largest absolute Gasteiger partial charge is 0.491 e. The van der Waals surface area contributed by atoms with Gasteiger partial charge in [-0.2, -0.15) is 0 Å². The Hall–Kier alpha value is -1.22. The Morgan fingerprint density at radius 2 is 2.25 bits per heavy atom. The number of carbonyl (C=O) groups is 1. The molecule has 4 heteroatoms. The van der Waals surface area contributed by atoms with Crippen molar-refractivity contribution in [2.24, 2.45) is 0 Å². The molecule has 0 aliphatic carbocycles. The highest BCUT2D eigenvalue weighted by Gasteiger charge is 2.10. The molecule has 3 nitrogen and oxygen atoms in total. The van der Waals surface area contributed by atoms with E-state index < -0.39 is 5.97 Å². The van der Waals surface area contributed by atoms with E-state index in [4.69, 9.17) is 21.4 Å². The van der Waals surface area contributed by atoms with Gasteiger partial charge in [-0.3, -0.25) is 0 Å². The van der Waals surface area contributed by atoms with E-state index in [-0.39, 0.29) is 16.7 Å². The second kappa shape index (κ2) is 5.75. The number of halogens is 1. The molecule has 0 aliphatic heterocycles. The van der Waals surface area contributed by atoms with E-state index in [1.54, 1.807) is 6.07 Å². The van der Waals surface area contributed by atoms with Crippen LogP contribution in [0, 0.1) is 0 Å². The van der Waals surface area contributed by atoms with Crippen LogP contribution < -0.4 is 4.74 Å². The minimum absolute atomic E-state index is 0.0946. The van der Waals surface area contributed by atoms with Crippen molar-refractivity contribution < 1.29 is 14.6 Å². The first-order valence-corrected chi connectivity index (χ1v) is 5.62. The van der Waals surface area contributed by atoms with E-state index in [9.17, 15) is 4.79 Å². The van der Waals surface area contributed by atoms with Crippen LogP contribution in [0.15, 0.2) is 18.2 Å². The van der Waals surface area contributed by atoms with Gasteiger partial charge in [0.05, 0.1) is 16.7 Å². The predicted molar refractivity (Wildman–Crippen MR) is 63.4 cm³/mol. The summed E-state index contributed by atoms with van der Waals surface area (Å²) in [6.07, 6.45) is 2.11. The van der Waals surface area contributed by atoms with Crippen molar-refractivity contribution in [3.8, 4) is 5.75 Å². The van der Waals surface area contributed by atoms with Crippen LogP contribution in [0.3, 0.4) is 0 Å². The predicted octanol–water partition coefficient (Wildman–Crippen LogP) is 3.61. The van der Waals surface area contributed by atoms with E-state index in [1.165, 1.54) is 12.1 Å². The minimum atomic E-state index is -1.03. The van der Waals surface area contributed by atoms with Gasteiger partial charge in [-0.15, -0.1) is 0 Å². The summed E-state index contributed by atoms with van der Waals surface area (Å²) >= 11 is 5.82. The molecule has 0 radical (unpaired) electrons. The third kappa shape index (κ3) is 3.42. The van der Waals surface area contributed by atoms with Crippen molar-refractivity contribution in [3.05, 3.63) is 28.8 Å². The Bertz CT molecular complexity index is 377. The quantitative estimate of drug-likeness (QED) is 0.858. The van der Waals surface area contributed by atoms with Gasteiger partial charge in [0.25, 0.3) is 0 Å². The lowest BCUT2D eigenvalue weighted by molar-refractivity contribution is 0.0697. The first-order chi connectivity index (χ1) is 7.54. The average Bonchev–Trinajstić information content (AvgIpc) is 2.17. The highest BCUT2D eigenvalue weighted by Crippen LogP contribution is 2.23. The Balaban J connectivity index is 2.77. The molecule has 16 heavy (non-hydrogen) atoms.